The van der Waals surface area contributed by atoms with Crippen LogP contribution in [0, 0.1) is 0 Å². The van der Waals surface area contributed by atoms with Crippen LogP contribution in [-0.2, 0) is 26.0 Å². The van der Waals surface area contributed by atoms with E-state index in [1.807, 2.05) is 24.3 Å². The first-order valence-electron chi connectivity index (χ1n) is 11.3. The van der Waals surface area contributed by atoms with Crippen LogP contribution in [0.25, 0.3) is 0 Å². The Bertz CT molecular complexity index is 688. The molecular weight excluding hydrogens is 402 g/mol. The van der Waals surface area contributed by atoms with E-state index in [9.17, 15) is 18.3 Å². The van der Waals surface area contributed by atoms with Crippen LogP contribution in [0.3, 0.4) is 0 Å². The van der Waals surface area contributed by atoms with Crippen LogP contribution in [0.4, 0.5) is 0 Å². The Morgan fingerprint density at radius 1 is 1.03 bits per heavy atom. The van der Waals surface area contributed by atoms with Crippen LogP contribution in [0.2, 0.25) is 0 Å². The van der Waals surface area contributed by atoms with E-state index in [0.29, 0.717) is 26.0 Å². The van der Waals surface area contributed by atoms with Gasteiger partial charge in [-0.15, -0.1) is 0 Å². The first-order valence-corrected chi connectivity index (χ1v) is 12.9. The summed E-state index contributed by atoms with van der Waals surface area (Å²) in [6.07, 6.45) is 7.73. The molecule has 0 fully saturated rings. The predicted molar refractivity (Wildman–Crippen MR) is 121 cm³/mol. The number of rotatable bonds is 17. The number of sulfonamides is 1. The van der Waals surface area contributed by atoms with Crippen molar-refractivity contribution in [1.29, 1.82) is 0 Å². The van der Waals surface area contributed by atoms with Crippen molar-refractivity contribution in [3.05, 3.63) is 35.4 Å². The average Bonchev–Trinajstić information content (AvgIpc) is 2.72. The summed E-state index contributed by atoms with van der Waals surface area (Å²) >= 11 is 0. The summed E-state index contributed by atoms with van der Waals surface area (Å²) in [4.78, 5) is 11.2. The average molecular weight is 442 g/mol. The number of aliphatic hydroxyl groups is 1. The van der Waals surface area contributed by atoms with E-state index in [1.54, 1.807) is 6.92 Å². The lowest BCUT2D eigenvalue weighted by atomic mass is 10.0. The van der Waals surface area contributed by atoms with Gasteiger partial charge in [0.15, 0.2) is 0 Å². The molecule has 0 saturated carbocycles. The second-order valence-electron chi connectivity index (χ2n) is 7.69. The lowest BCUT2D eigenvalue weighted by molar-refractivity contribution is -0.143. The van der Waals surface area contributed by atoms with Crippen molar-refractivity contribution in [1.82, 2.24) is 4.72 Å². The summed E-state index contributed by atoms with van der Waals surface area (Å²) in [7, 11) is -3.31. The molecule has 1 atom stereocenters. The molecule has 1 rings (SSSR count). The number of hydrogen-bond donors (Lipinski definition) is 2. The van der Waals surface area contributed by atoms with Crippen LogP contribution in [-0.4, -0.2) is 38.4 Å². The number of esters is 1. The molecule has 1 unspecified atom stereocenters. The summed E-state index contributed by atoms with van der Waals surface area (Å²) in [6.45, 7) is 4.76. The number of hydrogen-bond acceptors (Lipinski definition) is 5. The van der Waals surface area contributed by atoms with Gasteiger partial charge in [0.1, 0.15) is 0 Å². The standard InChI is InChI=1S/C23H39NO5S/c1-3-5-8-11-22(25)21-15-13-20(14-16-21)17-19-30(27,28)24-18-10-7-6-9-12-23(26)29-4-2/h13-16,22,24-25H,3-12,17-19H2,1-2H3. The van der Waals surface area contributed by atoms with Gasteiger partial charge in [0.25, 0.3) is 0 Å². The van der Waals surface area contributed by atoms with E-state index in [0.717, 1.165) is 62.5 Å². The molecule has 0 aromatic heterocycles. The summed E-state index contributed by atoms with van der Waals surface area (Å²) in [5.74, 6) is -0.119. The fraction of sp³-hybridized carbons (Fsp3) is 0.696. The molecule has 0 aliphatic carbocycles. The van der Waals surface area contributed by atoms with Gasteiger partial charge < -0.3 is 9.84 Å². The maximum atomic E-state index is 12.2. The fourth-order valence-corrected chi connectivity index (χ4v) is 4.30. The zero-order valence-corrected chi connectivity index (χ0v) is 19.4. The largest absolute Gasteiger partial charge is 0.466 e. The highest BCUT2D eigenvalue weighted by Gasteiger charge is 2.11. The second kappa shape index (κ2) is 15.4. The maximum Gasteiger partial charge on any atom is 0.305 e. The number of carbonyl (C=O) groups is 1. The molecule has 0 heterocycles. The molecule has 6 nitrogen and oxygen atoms in total. The molecule has 1 aromatic rings. The zero-order valence-electron chi connectivity index (χ0n) is 18.6. The minimum absolute atomic E-state index is 0.0499. The molecule has 0 bridgehead atoms. The fourth-order valence-electron chi connectivity index (χ4n) is 3.19. The van der Waals surface area contributed by atoms with E-state index < -0.39 is 16.1 Å². The maximum absolute atomic E-state index is 12.2. The summed E-state index contributed by atoms with van der Waals surface area (Å²) in [5.41, 5.74) is 1.84. The van der Waals surface area contributed by atoms with Crippen LogP contribution >= 0.6 is 0 Å². The molecule has 0 spiro atoms. The minimum Gasteiger partial charge on any atom is -0.466 e. The van der Waals surface area contributed by atoms with Gasteiger partial charge in [-0.2, -0.15) is 0 Å². The molecule has 0 aliphatic heterocycles. The lowest BCUT2D eigenvalue weighted by Crippen LogP contribution is -2.28. The van der Waals surface area contributed by atoms with Crippen molar-refractivity contribution in [2.24, 2.45) is 0 Å². The van der Waals surface area contributed by atoms with E-state index in [-0.39, 0.29) is 11.7 Å². The normalized spacial score (nSPS) is 12.6. The number of carbonyl (C=O) groups excluding carboxylic acids is 1. The molecule has 1 aromatic carbocycles. The van der Waals surface area contributed by atoms with E-state index in [4.69, 9.17) is 4.74 Å². The highest BCUT2D eigenvalue weighted by atomic mass is 32.2. The van der Waals surface area contributed by atoms with E-state index >= 15 is 0 Å². The number of nitrogens with one attached hydrogen (secondary N) is 1. The number of benzene rings is 1. The van der Waals surface area contributed by atoms with Crippen molar-refractivity contribution in [2.75, 3.05) is 18.9 Å². The quantitative estimate of drug-likeness (QED) is 0.278. The third kappa shape index (κ3) is 12.3. The Labute approximate surface area is 182 Å². The monoisotopic (exact) mass is 441 g/mol. The Hall–Kier alpha value is -1.44. The van der Waals surface area contributed by atoms with Gasteiger partial charge in [0.05, 0.1) is 18.5 Å². The Morgan fingerprint density at radius 3 is 2.40 bits per heavy atom. The Morgan fingerprint density at radius 2 is 1.73 bits per heavy atom. The molecular formula is C23H39NO5S. The second-order valence-corrected chi connectivity index (χ2v) is 9.61. The predicted octanol–water partition coefficient (Wildman–Crippen LogP) is 4.28. The molecule has 30 heavy (non-hydrogen) atoms. The first kappa shape index (κ1) is 26.6. The van der Waals surface area contributed by atoms with Gasteiger partial charge in [0.2, 0.25) is 10.0 Å². The van der Waals surface area contributed by atoms with Crippen molar-refractivity contribution in [3.8, 4) is 0 Å². The van der Waals surface area contributed by atoms with Crippen LogP contribution in [0.5, 0.6) is 0 Å². The smallest absolute Gasteiger partial charge is 0.305 e. The summed E-state index contributed by atoms with van der Waals surface area (Å²) in [6, 6.07) is 7.58. The highest BCUT2D eigenvalue weighted by molar-refractivity contribution is 7.89. The number of aliphatic hydroxyl groups excluding tert-OH is 1. The van der Waals surface area contributed by atoms with Gasteiger partial charge in [-0.25, -0.2) is 13.1 Å². The Kier molecular flexibility index (Phi) is 13.6. The molecule has 2 N–H and O–H groups in total. The third-order valence-electron chi connectivity index (χ3n) is 5.04. The number of aryl methyl sites for hydroxylation is 1. The third-order valence-corrected chi connectivity index (χ3v) is 6.43. The van der Waals surface area contributed by atoms with Crippen LogP contribution in [0.1, 0.15) is 88.9 Å². The minimum atomic E-state index is -3.31. The van der Waals surface area contributed by atoms with Gasteiger partial charge in [-0.05, 0) is 43.7 Å². The molecule has 7 heteroatoms. The zero-order chi connectivity index (χ0) is 22.2. The van der Waals surface area contributed by atoms with Gasteiger partial charge >= 0.3 is 5.97 Å². The molecule has 172 valence electrons. The SMILES string of the molecule is CCCCCC(O)c1ccc(CCS(=O)(=O)NCCCCCCC(=O)OCC)cc1. The van der Waals surface area contributed by atoms with Crippen molar-refractivity contribution in [3.63, 3.8) is 0 Å². The van der Waals surface area contributed by atoms with Gasteiger partial charge in [0, 0.05) is 13.0 Å². The summed E-state index contributed by atoms with van der Waals surface area (Å²) < 4.78 is 31.8. The molecule has 0 radical (unpaired) electrons. The van der Waals surface area contributed by atoms with Gasteiger partial charge in [-0.3, -0.25) is 4.79 Å². The molecule has 0 saturated heterocycles. The Balaban J connectivity index is 2.22. The van der Waals surface area contributed by atoms with Crippen molar-refractivity contribution >= 4 is 16.0 Å². The van der Waals surface area contributed by atoms with Crippen molar-refractivity contribution in [2.45, 2.75) is 84.2 Å². The lowest BCUT2D eigenvalue weighted by Gasteiger charge is -2.11. The molecule has 0 amide bonds. The molecule has 0 aliphatic rings. The number of unbranched alkanes of at least 4 members (excludes halogenated alkanes) is 5. The topological polar surface area (TPSA) is 92.7 Å². The van der Waals surface area contributed by atoms with Crippen LogP contribution < -0.4 is 4.72 Å². The van der Waals surface area contributed by atoms with E-state index in [1.165, 1.54) is 0 Å². The highest BCUT2D eigenvalue weighted by Crippen LogP contribution is 2.20. The van der Waals surface area contributed by atoms with Crippen molar-refractivity contribution < 1.29 is 23.1 Å². The van der Waals surface area contributed by atoms with E-state index in [2.05, 4.69) is 11.6 Å². The first-order chi connectivity index (χ1) is 14.4. The number of ether oxygens (including phenoxy) is 1. The summed E-state index contributed by atoms with van der Waals surface area (Å²) in [5, 5.41) is 10.2. The van der Waals surface area contributed by atoms with Gasteiger partial charge in [-0.1, -0.05) is 63.3 Å². The van der Waals surface area contributed by atoms with Crippen LogP contribution in [0.15, 0.2) is 24.3 Å².